The second-order valence-corrected chi connectivity index (χ2v) is 6.95. The van der Waals surface area contributed by atoms with Crippen molar-refractivity contribution in [1.29, 1.82) is 0 Å². The molecule has 3 rings (SSSR count). The molecular weight excluding hydrogens is 326 g/mol. The van der Waals surface area contributed by atoms with E-state index in [0.29, 0.717) is 17.7 Å². The van der Waals surface area contributed by atoms with Gasteiger partial charge in [0.1, 0.15) is 11.8 Å². The zero-order valence-corrected chi connectivity index (χ0v) is 15.5. The summed E-state index contributed by atoms with van der Waals surface area (Å²) in [6.07, 6.45) is 4.16. The Bertz CT molecular complexity index is 760. The van der Waals surface area contributed by atoms with E-state index in [1.165, 1.54) is 12.8 Å². The predicted octanol–water partition coefficient (Wildman–Crippen LogP) is 2.04. The van der Waals surface area contributed by atoms with Crippen LogP contribution in [0.25, 0.3) is 11.3 Å². The Morgan fingerprint density at radius 2 is 2.12 bits per heavy atom. The van der Waals surface area contributed by atoms with Crippen LogP contribution in [-0.2, 0) is 0 Å². The van der Waals surface area contributed by atoms with Crippen molar-refractivity contribution >= 4 is 17.3 Å². The maximum absolute atomic E-state index is 10.8. The van der Waals surface area contributed by atoms with Gasteiger partial charge in [-0.15, -0.1) is 0 Å². The van der Waals surface area contributed by atoms with E-state index >= 15 is 0 Å². The number of likely N-dealkylation sites (N-methyl/N-ethyl adjacent to an activating group) is 1. The van der Waals surface area contributed by atoms with E-state index in [9.17, 15) is 5.11 Å². The van der Waals surface area contributed by atoms with Crippen LogP contribution in [0.15, 0.2) is 42.6 Å². The molecule has 0 radical (unpaired) electrons. The van der Waals surface area contributed by atoms with Crippen LogP contribution in [-0.4, -0.2) is 52.2 Å². The number of aliphatic hydroxyl groups is 1. The van der Waals surface area contributed by atoms with Crippen molar-refractivity contribution in [1.82, 2.24) is 14.9 Å². The van der Waals surface area contributed by atoms with E-state index in [0.717, 1.165) is 24.2 Å². The number of likely N-dealkylation sites (tertiary alicyclic amines) is 1. The van der Waals surface area contributed by atoms with Crippen molar-refractivity contribution in [3.05, 3.63) is 53.9 Å². The highest BCUT2D eigenvalue weighted by Crippen LogP contribution is 2.25. The molecular formula is C20H28N5O+. The molecule has 1 fully saturated rings. The summed E-state index contributed by atoms with van der Waals surface area (Å²) in [6.45, 7) is 3.92. The Balaban J connectivity index is 1.84. The van der Waals surface area contributed by atoms with Gasteiger partial charge >= 0.3 is 0 Å². The van der Waals surface area contributed by atoms with Gasteiger partial charge in [-0.2, -0.15) is 0 Å². The van der Waals surface area contributed by atoms with Crippen molar-refractivity contribution in [2.75, 3.05) is 25.5 Å². The molecule has 0 amide bonds. The number of aromatic nitrogens is 2. The summed E-state index contributed by atoms with van der Waals surface area (Å²) in [5.74, 6) is 0.801. The normalized spacial score (nSPS) is 19.9. The molecule has 2 aromatic rings. The van der Waals surface area contributed by atoms with Gasteiger partial charge in [0.25, 0.3) is 0 Å². The molecule has 0 aliphatic carbocycles. The summed E-state index contributed by atoms with van der Waals surface area (Å²) in [7, 11) is 2.15. The van der Waals surface area contributed by atoms with Crippen LogP contribution >= 0.6 is 0 Å². The van der Waals surface area contributed by atoms with Crippen molar-refractivity contribution in [3.8, 4) is 0 Å². The topological polar surface area (TPSA) is 88.9 Å². The van der Waals surface area contributed by atoms with Crippen molar-refractivity contribution < 1.29 is 10.8 Å². The second kappa shape index (κ2) is 8.29. The van der Waals surface area contributed by atoms with Gasteiger partial charge in [0.05, 0.1) is 11.3 Å². The van der Waals surface area contributed by atoms with Gasteiger partial charge in [0, 0.05) is 24.3 Å². The molecule has 1 aromatic carbocycles. The fourth-order valence-electron chi connectivity index (χ4n) is 3.40. The highest BCUT2D eigenvalue weighted by molar-refractivity contribution is 5.87. The van der Waals surface area contributed by atoms with Crippen LogP contribution in [0.4, 0.5) is 5.95 Å². The van der Waals surface area contributed by atoms with Crippen LogP contribution in [0.3, 0.4) is 0 Å². The summed E-state index contributed by atoms with van der Waals surface area (Å²) in [4.78, 5) is 11.3. The Labute approximate surface area is 154 Å². The minimum atomic E-state index is -0.112. The van der Waals surface area contributed by atoms with Crippen molar-refractivity contribution in [2.24, 2.45) is 0 Å². The molecule has 26 heavy (non-hydrogen) atoms. The summed E-state index contributed by atoms with van der Waals surface area (Å²) >= 11 is 0. The summed E-state index contributed by atoms with van der Waals surface area (Å²) in [6, 6.07) is 11.7. The lowest BCUT2D eigenvalue weighted by Crippen LogP contribution is -2.59. The summed E-state index contributed by atoms with van der Waals surface area (Å²) in [5.41, 5.74) is 6.29. The third kappa shape index (κ3) is 4.20. The van der Waals surface area contributed by atoms with Gasteiger partial charge in [-0.05, 0) is 39.4 Å². The van der Waals surface area contributed by atoms with Crippen LogP contribution in [0, 0.1) is 0 Å². The molecule has 1 aliphatic rings. The lowest BCUT2D eigenvalue weighted by Gasteiger charge is -2.20. The van der Waals surface area contributed by atoms with Crippen LogP contribution in [0.5, 0.6) is 0 Å². The molecule has 5 N–H and O–H groups in total. The van der Waals surface area contributed by atoms with E-state index in [1.54, 1.807) is 6.20 Å². The van der Waals surface area contributed by atoms with Gasteiger partial charge in [-0.3, -0.25) is 0 Å². The first kappa shape index (κ1) is 18.4. The highest BCUT2D eigenvalue weighted by Gasteiger charge is 2.22. The SMILES string of the molecule is CC([NH3+])C(=C(O)c1ccccc1)c1ccnc(NCC2CCCN2C)n1. The zero-order valence-electron chi connectivity index (χ0n) is 15.5. The minimum Gasteiger partial charge on any atom is -0.507 e. The Morgan fingerprint density at radius 1 is 1.35 bits per heavy atom. The lowest BCUT2D eigenvalue weighted by molar-refractivity contribution is -0.393. The fraction of sp³-hybridized carbons (Fsp3) is 0.400. The number of rotatable bonds is 6. The average molecular weight is 354 g/mol. The maximum atomic E-state index is 10.8. The van der Waals surface area contributed by atoms with E-state index < -0.39 is 0 Å². The first-order chi connectivity index (χ1) is 12.6. The Kier molecular flexibility index (Phi) is 5.85. The molecule has 1 aliphatic heterocycles. The van der Waals surface area contributed by atoms with E-state index in [2.05, 4.69) is 33.0 Å². The predicted molar refractivity (Wildman–Crippen MR) is 104 cm³/mol. The Hall–Kier alpha value is -2.44. The van der Waals surface area contributed by atoms with Crippen LogP contribution in [0.2, 0.25) is 0 Å². The Morgan fingerprint density at radius 3 is 2.77 bits per heavy atom. The first-order valence-corrected chi connectivity index (χ1v) is 9.15. The number of hydrogen-bond donors (Lipinski definition) is 3. The monoisotopic (exact) mass is 354 g/mol. The first-order valence-electron chi connectivity index (χ1n) is 9.15. The molecule has 0 spiro atoms. The number of nitrogens with zero attached hydrogens (tertiary/aromatic N) is 3. The van der Waals surface area contributed by atoms with E-state index in [4.69, 9.17) is 0 Å². The fourth-order valence-corrected chi connectivity index (χ4v) is 3.40. The van der Waals surface area contributed by atoms with Gasteiger partial charge in [0.2, 0.25) is 5.95 Å². The number of anilines is 1. The van der Waals surface area contributed by atoms with Crippen LogP contribution in [0.1, 0.15) is 31.0 Å². The number of hydrogen-bond acceptors (Lipinski definition) is 5. The highest BCUT2D eigenvalue weighted by atomic mass is 16.3. The van der Waals surface area contributed by atoms with Crippen LogP contribution < -0.4 is 11.1 Å². The molecule has 1 aromatic heterocycles. The van der Waals surface area contributed by atoms with Gasteiger partial charge in [-0.1, -0.05) is 30.3 Å². The summed E-state index contributed by atoms with van der Waals surface area (Å²) in [5, 5.41) is 14.1. The minimum absolute atomic E-state index is 0.112. The van der Waals surface area contributed by atoms with E-state index in [-0.39, 0.29) is 11.8 Å². The van der Waals surface area contributed by atoms with Crippen molar-refractivity contribution in [2.45, 2.75) is 31.8 Å². The molecule has 2 heterocycles. The second-order valence-electron chi connectivity index (χ2n) is 6.95. The summed E-state index contributed by atoms with van der Waals surface area (Å²) < 4.78 is 0. The van der Waals surface area contributed by atoms with Crippen molar-refractivity contribution in [3.63, 3.8) is 0 Å². The molecule has 138 valence electrons. The maximum Gasteiger partial charge on any atom is 0.223 e. The average Bonchev–Trinajstić information content (AvgIpc) is 3.06. The number of benzene rings is 1. The van der Waals surface area contributed by atoms with Gasteiger partial charge in [-0.25, -0.2) is 9.97 Å². The quantitative estimate of drug-likeness (QED) is 0.691. The van der Waals surface area contributed by atoms with Gasteiger partial charge < -0.3 is 21.1 Å². The molecule has 2 unspecified atom stereocenters. The smallest absolute Gasteiger partial charge is 0.223 e. The molecule has 2 atom stereocenters. The molecule has 6 heteroatoms. The number of quaternary nitrogens is 1. The standard InChI is InChI=1S/C20H27N5O/c1-14(21)18(19(26)15-7-4-3-5-8-15)17-10-11-22-20(24-17)23-13-16-9-6-12-25(16)2/h3-5,7-8,10-11,14,16,26H,6,9,12-13,21H2,1-2H3,(H,22,23,24)/p+1. The molecule has 0 bridgehead atoms. The lowest BCUT2D eigenvalue weighted by atomic mass is 10.00. The zero-order chi connectivity index (χ0) is 18.5. The third-order valence-corrected chi connectivity index (χ3v) is 4.89. The molecule has 0 saturated carbocycles. The molecule has 1 saturated heterocycles. The number of nitrogens with one attached hydrogen (secondary N) is 1. The third-order valence-electron chi connectivity index (χ3n) is 4.89. The van der Waals surface area contributed by atoms with Gasteiger partial charge in [0.15, 0.2) is 0 Å². The van der Waals surface area contributed by atoms with E-state index in [1.807, 2.05) is 43.3 Å². The largest absolute Gasteiger partial charge is 0.507 e. The molecule has 6 nitrogen and oxygen atoms in total. The number of aliphatic hydroxyl groups excluding tert-OH is 1.